The maximum atomic E-state index is 12.9. The van der Waals surface area contributed by atoms with E-state index in [-0.39, 0.29) is 12.4 Å². The molecule has 0 unspecified atom stereocenters. The molecule has 0 radical (unpaired) electrons. The van der Waals surface area contributed by atoms with E-state index in [1.807, 2.05) is 36.4 Å². The van der Waals surface area contributed by atoms with Crippen LogP contribution in [0.3, 0.4) is 0 Å². The Balaban J connectivity index is 1.49. The fraction of sp³-hybridized carbons (Fsp3) is 0.130. The van der Waals surface area contributed by atoms with Crippen LogP contribution < -0.4 is 10.6 Å². The molecule has 6 heteroatoms. The number of halogens is 1. The highest BCUT2D eigenvalue weighted by Crippen LogP contribution is 2.21. The summed E-state index contributed by atoms with van der Waals surface area (Å²) in [4.78, 5) is 24.3. The molecule has 0 aliphatic rings. The van der Waals surface area contributed by atoms with Crippen LogP contribution in [0, 0.1) is 5.82 Å². The first kappa shape index (κ1) is 20.1. The maximum absolute atomic E-state index is 12.9. The molecule has 0 fully saturated rings. The van der Waals surface area contributed by atoms with Crippen molar-refractivity contribution >= 4 is 23.3 Å². The Morgan fingerprint density at radius 1 is 0.862 bits per heavy atom. The SMILES string of the molecule is O=C(COC(=O)c1ccccc1Nc1ccccc1)NCCc1ccc(F)cc1. The van der Waals surface area contributed by atoms with E-state index in [4.69, 9.17) is 4.74 Å². The fourth-order valence-corrected chi connectivity index (χ4v) is 2.70. The van der Waals surface area contributed by atoms with Crippen molar-refractivity contribution in [1.82, 2.24) is 5.32 Å². The summed E-state index contributed by atoms with van der Waals surface area (Å²) in [5.74, 6) is -1.28. The molecule has 148 valence electrons. The first-order valence-electron chi connectivity index (χ1n) is 9.21. The van der Waals surface area contributed by atoms with Crippen LogP contribution >= 0.6 is 0 Å². The van der Waals surface area contributed by atoms with Gasteiger partial charge in [-0.15, -0.1) is 0 Å². The van der Waals surface area contributed by atoms with E-state index in [0.717, 1.165) is 11.3 Å². The van der Waals surface area contributed by atoms with E-state index in [0.29, 0.717) is 24.2 Å². The third kappa shape index (κ3) is 6.17. The molecule has 0 atom stereocenters. The second-order valence-corrected chi connectivity index (χ2v) is 6.34. The van der Waals surface area contributed by atoms with Gasteiger partial charge in [0.2, 0.25) is 0 Å². The Morgan fingerprint density at radius 3 is 2.31 bits per heavy atom. The molecule has 5 nitrogen and oxygen atoms in total. The summed E-state index contributed by atoms with van der Waals surface area (Å²) in [6.07, 6.45) is 0.559. The Kier molecular flexibility index (Phi) is 6.95. The van der Waals surface area contributed by atoms with Crippen molar-refractivity contribution in [3.05, 3.63) is 95.8 Å². The number of hydrogen-bond donors (Lipinski definition) is 2. The molecular formula is C23H21FN2O3. The number of carbonyl (C=O) groups is 2. The minimum atomic E-state index is -0.585. The molecule has 2 N–H and O–H groups in total. The summed E-state index contributed by atoms with van der Waals surface area (Å²) in [7, 11) is 0. The Labute approximate surface area is 168 Å². The second-order valence-electron chi connectivity index (χ2n) is 6.34. The lowest BCUT2D eigenvalue weighted by atomic mass is 10.1. The molecule has 0 saturated carbocycles. The summed E-state index contributed by atoms with van der Waals surface area (Å²) in [5, 5.41) is 5.85. The second kappa shape index (κ2) is 10.0. The van der Waals surface area contributed by atoms with Gasteiger partial charge >= 0.3 is 5.97 Å². The average molecular weight is 392 g/mol. The predicted molar refractivity (Wildman–Crippen MR) is 110 cm³/mol. The molecule has 3 rings (SSSR count). The van der Waals surface area contributed by atoms with Crippen LogP contribution in [0.2, 0.25) is 0 Å². The summed E-state index contributed by atoms with van der Waals surface area (Å²) in [6, 6.07) is 22.5. The Bertz CT molecular complexity index is 959. The molecule has 3 aromatic rings. The number of nitrogens with one attached hydrogen (secondary N) is 2. The number of amides is 1. The number of hydrogen-bond acceptors (Lipinski definition) is 4. The van der Waals surface area contributed by atoms with Gasteiger partial charge in [0.25, 0.3) is 5.91 Å². The quantitative estimate of drug-likeness (QED) is 0.567. The first-order chi connectivity index (χ1) is 14.1. The van der Waals surface area contributed by atoms with Crippen molar-refractivity contribution in [3.8, 4) is 0 Å². The molecule has 0 saturated heterocycles. The molecular weight excluding hydrogens is 371 g/mol. The first-order valence-corrected chi connectivity index (χ1v) is 9.21. The van der Waals surface area contributed by atoms with Crippen molar-refractivity contribution in [2.75, 3.05) is 18.5 Å². The third-order valence-corrected chi connectivity index (χ3v) is 4.18. The minimum absolute atomic E-state index is 0.299. The highest BCUT2D eigenvalue weighted by molar-refractivity contribution is 5.97. The van der Waals surface area contributed by atoms with Crippen LogP contribution in [0.5, 0.6) is 0 Å². The van der Waals surface area contributed by atoms with Crippen LogP contribution in [0.4, 0.5) is 15.8 Å². The van der Waals surface area contributed by atoms with Gasteiger partial charge in [-0.3, -0.25) is 4.79 Å². The molecule has 29 heavy (non-hydrogen) atoms. The summed E-state index contributed by atoms with van der Waals surface area (Å²) in [5.41, 5.74) is 2.69. The van der Waals surface area contributed by atoms with Gasteiger partial charge in [0.15, 0.2) is 6.61 Å². The lowest BCUT2D eigenvalue weighted by Crippen LogP contribution is -2.30. The monoisotopic (exact) mass is 392 g/mol. The summed E-state index contributed by atoms with van der Waals surface area (Å²) < 4.78 is 18.0. The molecule has 0 heterocycles. The molecule has 0 bridgehead atoms. The van der Waals surface area contributed by atoms with Gasteiger partial charge in [-0.2, -0.15) is 0 Å². The van der Waals surface area contributed by atoms with Crippen molar-refractivity contribution in [2.24, 2.45) is 0 Å². The molecule has 0 aliphatic heterocycles. The zero-order valence-electron chi connectivity index (χ0n) is 15.7. The van der Waals surface area contributed by atoms with E-state index in [2.05, 4.69) is 10.6 Å². The van der Waals surface area contributed by atoms with Crippen molar-refractivity contribution in [3.63, 3.8) is 0 Å². The van der Waals surface area contributed by atoms with Crippen LogP contribution in [-0.4, -0.2) is 25.0 Å². The fourth-order valence-electron chi connectivity index (χ4n) is 2.70. The molecule has 0 aromatic heterocycles. The predicted octanol–water partition coefficient (Wildman–Crippen LogP) is 4.09. The topological polar surface area (TPSA) is 67.4 Å². The van der Waals surface area contributed by atoms with Gasteiger partial charge in [0, 0.05) is 12.2 Å². The largest absolute Gasteiger partial charge is 0.452 e. The lowest BCUT2D eigenvalue weighted by molar-refractivity contribution is -0.124. The number of esters is 1. The maximum Gasteiger partial charge on any atom is 0.340 e. The van der Waals surface area contributed by atoms with Gasteiger partial charge in [-0.05, 0) is 48.4 Å². The number of carbonyl (C=O) groups excluding carboxylic acids is 2. The number of benzene rings is 3. The molecule has 0 spiro atoms. The van der Waals surface area contributed by atoms with Crippen molar-refractivity contribution in [1.29, 1.82) is 0 Å². The van der Waals surface area contributed by atoms with Crippen molar-refractivity contribution in [2.45, 2.75) is 6.42 Å². The summed E-state index contributed by atoms with van der Waals surface area (Å²) in [6.45, 7) is -0.00388. The molecule has 1 amide bonds. The average Bonchev–Trinajstić information content (AvgIpc) is 2.74. The van der Waals surface area contributed by atoms with E-state index in [1.165, 1.54) is 12.1 Å². The molecule has 0 aliphatic carbocycles. The highest BCUT2D eigenvalue weighted by atomic mass is 19.1. The van der Waals surface area contributed by atoms with E-state index >= 15 is 0 Å². The Morgan fingerprint density at radius 2 is 1.55 bits per heavy atom. The molecule has 3 aromatic carbocycles. The normalized spacial score (nSPS) is 10.2. The van der Waals surface area contributed by atoms with E-state index < -0.39 is 11.9 Å². The van der Waals surface area contributed by atoms with Gasteiger partial charge in [0.05, 0.1) is 11.3 Å². The summed E-state index contributed by atoms with van der Waals surface area (Å²) >= 11 is 0. The van der Waals surface area contributed by atoms with Gasteiger partial charge in [0.1, 0.15) is 5.82 Å². The number of rotatable bonds is 8. The van der Waals surface area contributed by atoms with Crippen LogP contribution in [0.25, 0.3) is 0 Å². The zero-order valence-corrected chi connectivity index (χ0v) is 15.7. The number of anilines is 2. The zero-order chi connectivity index (χ0) is 20.5. The standard InChI is InChI=1S/C23H21FN2O3/c24-18-12-10-17(11-13-18)14-15-25-22(27)16-29-23(28)20-8-4-5-9-21(20)26-19-6-2-1-3-7-19/h1-13,26H,14-16H2,(H,25,27). The Hall–Kier alpha value is -3.67. The number of ether oxygens (including phenoxy) is 1. The van der Waals surface area contributed by atoms with Crippen LogP contribution in [-0.2, 0) is 16.0 Å². The van der Waals surface area contributed by atoms with Crippen LogP contribution in [0.1, 0.15) is 15.9 Å². The minimum Gasteiger partial charge on any atom is -0.452 e. The van der Waals surface area contributed by atoms with E-state index in [9.17, 15) is 14.0 Å². The third-order valence-electron chi connectivity index (χ3n) is 4.18. The number of para-hydroxylation sites is 2. The van der Waals surface area contributed by atoms with Gasteiger partial charge < -0.3 is 15.4 Å². The van der Waals surface area contributed by atoms with Crippen LogP contribution in [0.15, 0.2) is 78.9 Å². The van der Waals surface area contributed by atoms with Gasteiger partial charge in [-0.25, -0.2) is 9.18 Å². The van der Waals surface area contributed by atoms with E-state index in [1.54, 1.807) is 30.3 Å². The van der Waals surface area contributed by atoms with Gasteiger partial charge in [-0.1, -0.05) is 42.5 Å². The van der Waals surface area contributed by atoms with Crippen molar-refractivity contribution < 1.29 is 18.7 Å². The lowest BCUT2D eigenvalue weighted by Gasteiger charge is -2.12. The highest BCUT2D eigenvalue weighted by Gasteiger charge is 2.14. The smallest absolute Gasteiger partial charge is 0.340 e.